The lowest BCUT2D eigenvalue weighted by Crippen LogP contribution is -2.28. The normalized spacial score (nSPS) is 12.6. The lowest BCUT2D eigenvalue weighted by Gasteiger charge is -2.34. The van der Waals surface area contributed by atoms with Crippen molar-refractivity contribution in [1.82, 2.24) is 0 Å². The van der Waals surface area contributed by atoms with Crippen LogP contribution in [0.15, 0.2) is 265 Å². The van der Waals surface area contributed by atoms with Crippen LogP contribution in [0.1, 0.15) is 22.3 Å². The highest BCUT2D eigenvalue weighted by Crippen LogP contribution is 2.59. The maximum absolute atomic E-state index is 6.32. The Morgan fingerprint density at radius 2 is 0.791 bits per heavy atom. The first-order valence-electron chi connectivity index (χ1n) is 23.1. The molecule has 1 aliphatic carbocycles. The van der Waals surface area contributed by atoms with Crippen LogP contribution in [0.3, 0.4) is 0 Å². The zero-order valence-electron chi connectivity index (χ0n) is 36.7. The van der Waals surface area contributed by atoms with Gasteiger partial charge in [0.1, 0.15) is 11.2 Å². The molecule has 13 rings (SSSR count). The molecule has 0 bridgehead atoms. The second-order valence-electron chi connectivity index (χ2n) is 17.5. The highest BCUT2D eigenvalue weighted by atomic mass is 16.3. The van der Waals surface area contributed by atoms with E-state index >= 15 is 0 Å². The van der Waals surface area contributed by atoms with E-state index in [0.717, 1.165) is 50.1 Å². The molecule has 0 amide bonds. The molecule has 0 saturated carbocycles. The standard InChI is InChI=1S/C65H43NO/c1-3-18-49(19-4-1)65(50-20-5-2-6-21-50)58-27-11-9-23-56(58)64-59(65)28-15-29-60(64)66(52-42-38-48(39-43-52)55-26-14-31-62-63(55)57-24-10-12-30-61(57)67-62)51-40-36-45(37-41-51)44-32-34-47(35-33-44)54-25-13-17-46-16-7-8-22-53(46)54/h1-43H. The number of hydrogen-bond donors (Lipinski definition) is 0. The quantitative estimate of drug-likeness (QED) is 0.151. The lowest BCUT2D eigenvalue weighted by atomic mass is 9.68. The van der Waals surface area contributed by atoms with E-state index in [9.17, 15) is 0 Å². The molecule has 12 aromatic rings. The fourth-order valence-electron chi connectivity index (χ4n) is 11.0. The van der Waals surface area contributed by atoms with Crippen molar-refractivity contribution in [3.8, 4) is 44.5 Å². The van der Waals surface area contributed by atoms with Crippen LogP contribution in [0.25, 0.3) is 77.2 Å². The number of rotatable bonds is 8. The molecular weight excluding hydrogens is 811 g/mol. The summed E-state index contributed by atoms with van der Waals surface area (Å²) in [6.45, 7) is 0. The topological polar surface area (TPSA) is 16.4 Å². The maximum atomic E-state index is 6.32. The average molecular weight is 854 g/mol. The zero-order valence-corrected chi connectivity index (χ0v) is 36.7. The van der Waals surface area contributed by atoms with Crippen LogP contribution in [0.2, 0.25) is 0 Å². The average Bonchev–Trinajstić information content (AvgIpc) is 3.94. The fourth-order valence-corrected chi connectivity index (χ4v) is 11.0. The van der Waals surface area contributed by atoms with E-state index in [0.29, 0.717) is 0 Å². The predicted octanol–water partition coefficient (Wildman–Crippen LogP) is 17.6. The van der Waals surface area contributed by atoms with Gasteiger partial charge in [0.2, 0.25) is 0 Å². The van der Waals surface area contributed by atoms with Crippen molar-refractivity contribution in [2.24, 2.45) is 0 Å². The van der Waals surface area contributed by atoms with Crippen LogP contribution in [-0.2, 0) is 5.41 Å². The van der Waals surface area contributed by atoms with E-state index in [-0.39, 0.29) is 0 Å². The van der Waals surface area contributed by atoms with Crippen molar-refractivity contribution in [3.05, 3.63) is 283 Å². The molecule has 314 valence electrons. The molecule has 0 fully saturated rings. The molecule has 0 spiro atoms. The van der Waals surface area contributed by atoms with Gasteiger partial charge in [-0.1, -0.05) is 218 Å². The molecule has 2 nitrogen and oxygen atoms in total. The van der Waals surface area contributed by atoms with Gasteiger partial charge in [-0.15, -0.1) is 0 Å². The number of hydrogen-bond acceptors (Lipinski definition) is 2. The van der Waals surface area contributed by atoms with E-state index in [1.807, 2.05) is 12.1 Å². The van der Waals surface area contributed by atoms with Gasteiger partial charge in [0.15, 0.2) is 0 Å². The summed E-state index contributed by atoms with van der Waals surface area (Å²) in [5.74, 6) is 0. The molecule has 0 radical (unpaired) electrons. The van der Waals surface area contributed by atoms with Crippen LogP contribution >= 0.6 is 0 Å². The minimum absolute atomic E-state index is 0.520. The van der Waals surface area contributed by atoms with Crippen molar-refractivity contribution >= 4 is 49.8 Å². The van der Waals surface area contributed by atoms with Crippen LogP contribution in [0.5, 0.6) is 0 Å². The minimum Gasteiger partial charge on any atom is -0.456 e. The highest BCUT2D eigenvalue weighted by molar-refractivity contribution is 6.12. The molecular formula is C65H43NO. The first-order valence-corrected chi connectivity index (χ1v) is 23.1. The molecule has 0 aliphatic heterocycles. The first kappa shape index (κ1) is 38.7. The summed E-state index contributed by atoms with van der Waals surface area (Å²) < 4.78 is 6.32. The van der Waals surface area contributed by atoms with Gasteiger partial charge >= 0.3 is 0 Å². The number of para-hydroxylation sites is 1. The van der Waals surface area contributed by atoms with E-state index in [2.05, 4.69) is 254 Å². The Labute approximate surface area is 390 Å². The minimum atomic E-state index is -0.520. The monoisotopic (exact) mass is 853 g/mol. The molecule has 2 heteroatoms. The Hall–Kier alpha value is -8.72. The molecule has 0 N–H and O–H groups in total. The number of nitrogens with zero attached hydrogens (tertiary/aromatic N) is 1. The van der Waals surface area contributed by atoms with Crippen molar-refractivity contribution in [2.45, 2.75) is 5.41 Å². The van der Waals surface area contributed by atoms with E-state index in [4.69, 9.17) is 4.42 Å². The molecule has 1 heterocycles. The summed E-state index contributed by atoms with van der Waals surface area (Å²) in [7, 11) is 0. The van der Waals surface area contributed by atoms with Gasteiger partial charge < -0.3 is 9.32 Å². The van der Waals surface area contributed by atoms with Crippen LogP contribution in [-0.4, -0.2) is 0 Å². The molecule has 0 unspecified atom stereocenters. The second-order valence-corrected chi connectivity index (χ2v) is 17.5. The smallest absolute Gasteiger partial charge is 0.136 e. The van der Waals surface area contributed by atoms with Crippen molar-refractivity contribution in [3.63, 3.8) is 0 Å². The van der Waals surface area contributed by atoms with Gasteiger partial charge in [0.25, 0.3) is 0 Å². The van der Waals surface area contributed by atoms with Gasteiger partial charge in [-0.25, -0.2) is 0 Å². The zero-order chi connectivity index (χ0) is 44.3. The van der Waals surface area contributed by atoms with Gasteiger partial charge in [0.05, 0.1) is 11.1 Å². The van der Waals surface area contributed by atoms with Gasteiger partial charge in [-0.05, 0) is 114 Å². The number of anilines is 3. The summed E-state index contributed by atoms with van der Waals surface area (Å²) >= 11 is 0. The molecule has 67 heavy (non-hydrogen) atoms. The Bertz CT molecular complexity index is 3730. The third kappa shape index (κ3) is 6.18. The molecule has 1 aromatic heterocycles. The molecule has 0 saturated heterocycles. The first-order chi connectivity index (χ1) is 33.2. The van der Waals surface area contributed by atoms with Crippen LogP contribution < -0.4 is 4.90 Å². The van der Waals surface area contributed by atoms with Crippen molar-refractivity contribution in [2.75, 3.05) is 4.90 Å². The number of furan rings is 1. The van der Waals surface area contributed by atoms with Gasteiger partial charge in [-0.3, -0.25) is 0 Å². The number of benzene rings is 11. The molecule has 1 aliphatic rings. The Morgan fingerprint density at radius 1 is 0.313 bits per heavy atom. The third-order valence-electron chi connectivity index (χ3n) is 14.0. The summed E-state index contributed by atoms with van der Waals surface area (Å²) in [6.07, 6.45) is 0. The fraction of sp³-hybridized carbons (Fsp3) is 0.0154. The van der Waals surface area contributed by atoms with E-state index in [1.165, 1.54) is 66.4 Å². The van der Waals surface area contributed by atoms with Gasteiger partial charge in [0, 0.05) is 27.7 Å². The maximum Gasteiger partial charge on any atom is 0.136 e. The van der Waals surface area contributed by atoms with Crippen molar-refractivity contribution in [1.29, 1.82) is 0 Å². The highest BCUT2D eigenvalue weighted by Gasteiger charge is 2.47. The lowest BCUT2D eigenvalue weighted by molar-refractivity contribution is 0.669. The second kappa shape index (κ2) is 15.8. The van der Waals surface area contributed by atoms with E-state index < -0.39 is 5.41 Å². The molecule has 11 aromatic carbocycles. The summed E-state index contributed by atoms with van der Waals surface area (Å²) in [5.41, 5.74) is 19.2. The van der Waals surface area contributed by atoms with Gasteiger partial charge in [-0.2, -0.15) is 0 Å². The van der Waals surface area contributed by atoms with Crippen LogP contribution in [0, 0.1) is 0 Å². The number of fused-ring (bicyclic) bond motifs is 7. The van der Waals surface area contributed by atoms with Crippen LogP contribution in [0.4, 0.5) is 17.1 Å². The van der Waals surface area contributed by atoms with Crippen molar-refractivity contribution < 1.29 is 4.42 Å². The Kier molecular flexibility index (Phi) is 9.11. The Balaban J connectivity index is 0.972. The Morgan fingerprint density at radius 3 is 1.52 bits per heavy atom. The predicted molar refractivity (Wildman–Crippen MR) is 280 cm³/mol. The third-order valence-corrected chi connectivity index (χ3v) is 14.0. The van der Waals surface area contributed by atoms with E-state index in [1.54, 1.807) is 0 Å². The molecule has 0 atom stereocenters. The summed E-state index contributed by atoms with van der Waals surface area (Å²) in [4.78, 5) is 2.45. The summed E-state index contributed by atoms with van der Waals surface area (Å²) in [6, 6.07) is 95.0. The summed E-state index contributed by atoms with van der Waals surface area (Å²) in [5, 5.41) is 4.78. The SMILES string of the molecule is c1ccc(C2(c3ccccc3)c3ccccc3-c3c(N(c4ccc(-c5ccc(-c6cccc7ccccc67)cc5)cc4)c4ccc(-c5cccc6oc7ccccc7c56)cc4)cccc32)cc1. The largest absolute Gasteiger partial charge is 0.456 e.